The minimum absolute atomic E-state index is 0.870. The minimum atomic E-state index is 0.870. The van der Waals surface area contributed by atoms with Crippen molar-refractivity contribution in [1.82, 2.24) is 0 Å². The number of hydrogen-bond acceptors (Lipinski definition) is 1. The van der Waals surface area contributed by atoms with E-state index in [0.717, 1.165) is 24.7 Å². The summed E-state index contributed by atoms with van der Waals surface area (Å²) in [5.41, 5.74) is 2.06. The Morgan fingerprint density at radius 3 is 2.45 bits per heavy atom. The molecule has 0 saturated heterocycles. The molecule has 11 heavy (non-hydrogen) atoms. The van der Waals surface area contributed by atoms with Gasteiger partial charge in [-0.15, -0.1) is 0 Å². The van der Waals surface area contributed by atoms with Gasteiger partial charge in [0.25, 0.3) is 0 Å². The van der Waals surface area contributed by atoms with Crippen LogP contribution >= 0.6 is 0 Å². The highest BCUT2D eigenvalue weighted by Gasteiger charge is 1.92. The second kappa shape index (κ2) is 5.90. The minimum Gasteiger partial charge on any atom is -0.298 e. The number of allylic oxidation sites excluding steroid dienone is 4. The Balaban J connectivity index is 3.85. The van der Waals surface area contributed by atoms with Crippen molar-refractivity contribution >= 4 is 6.29 Å². The maximum absolute atomic E-state index is 10.3. The molecule has 0 spiro atoms. The number of hydrogen-bond donors (Lipinski definition) is 0. The van der Waals surface area contributed by atoms with Gasteiger partial charge < -0.3 is 0 Å². The van der Waals surface area contributed by atoms with E-state index in [2.05, 4.69) is 6.08 Å². The Kier molecular flexibility index (Phi) is 5.44. The van der Waals surface area contributed by atoms with Crippen molar-refractivity contribution in [3.05, 3.63) is 23.3 Å². The van der Waals surface area contributed by atoms with E-state index < -0.39 is 0 Å². The molecule has 0 aliphatic rings. The summed E-state index contributed by atoms with van der Waals surface area (Å²) in [6.45, 7) is 5.87. The van der Waals surface area contributed by atoms with Gasteiger partial charge >= 0.3 is 0 Å². The fourth-order valence-electron chi connectivity index (χ4n) is 0.764. The number of rotatable bonds is 4. The topological polar surface area (TPSA) is 17.1 Å². The van der Waals surface area contributed by atoms with E-state index in [1.54, 1.807) is 0 Å². The summed E-state index contributed by atoms with van der Waals surface area (Å²) < 4.78 is 0. The quantitative estimate of drug-likeness (QED) is 0.344. The predicted molar refractivity (Wildman–Crippen MR) is 48.5 cm³/mol. The van der Waals surface area contributed by atoms with Crippen LogP contribution in [0, 0.1) is 0 Å². The molecule has 0 rings (SSSR count). The normalized spacial score (nSPS) is 13.4. The van der Waals surface area contributed by atoms with Crippen LogP contribution in [-0.2, 0) is 4.79 Å². The monoisotopic (exact) mass is 152 g/mol. The van der Waals surface area contributed by atoms with E-state index in [1.807, 2.05) is 26.8 Å². The van der Waals surface area contributed by atoms with Crippen molar-refractivity contribution < 1.29 is 4.79 Å². The van der Waals surface area contributed by atoms with E-state index >= 15 is 0 Å². The van der Waals surface area contributed by atoms with E-state index in [9.17, 15) is 4.79 Å². The van der Waals surface area contributed by atoms with Gasteiger partial charge in [0.2, 0.25) is 0 Å². The van der Waals surface area contributed by atoms with Crippen LogP contribution < -0.4 is 0 Å². The highest BCUT2D eigenvalue weighted by molar-refractivity contribution is 5.73. The first kappa shape index (κ1) is 10.2. The van der Waals surface area contributed by atoms with E-state index in [4.69, 9.17) is 0 Å². The lowest BCUT2D eigenvalue weighted by molar-refractivity contribution is -0.104. The molecule has 0 saturated carbocycles. The molecule has 0 fully saturated rings. The van der Waals surface area contributed by atoms with E-state index in [1.165, 1.54) is 5.57 Å². The molecule has 0 aromatic carbocycles. The summed E-state index contributed by atoms with van der Waals surface area (Å²) in [4.78, 5) is 10.3. The lowest BCUT2D eigenvalue weighted by atomic mass is 10.1. The van der Waals surface area contributed by atoms with Gasteiger partial charge in [-0.3, -0.25) is 4.79 Å². The van der Waals surface area contributed by atoms with Crippen LogP contribution in [0.15, 0.2) is 23.3 Å². The lowest BCUT2D eigenvalue weighted by Gasteiger charge is -1.98. The standard InChI is InChI=1S/C10H16O/c1-4-5-6-7-9(2)10(3)8-11/h4-5,8H,6-7H2,1-3H3/b5-4+,10-9+. The van der Waals surface area contributed by atoms with Crippen molar-refractivity contribution in [3.63, 3.8) is 0 Å². The van der Waals surface area contributed by atoms with Gasteiger partial charge in [-0.05, 0) is 39.2 Å². The summed E-state index contributed by atoms with van der Waals surface area (Å²) in [6.07, 6.45) is 7.10. The van der Waals surface area contributed by atoms with Gasteiger partial charge in [0, 0.05) is 0 Å². The molecule has 0 aliphatic carbocycles. The Bertz CT molecular complexity index is 175. The molecule has 1 heteroatoms. The Morgan fingerprint density at radius 2 is 2.00 bits per heavy atom. The molecule has 0 N–H and O–H groups in total. The van der Waals surface area contributed by atoms with Crippen LogP contribution in [-0.4, -0.2) is 6.29 Å². The van der Waals surface area contributed by atoms with Crippen LogP contribution in [0.25, 0.3) is 0 Å². The van der Waals surface area contributed by atoms with Crippen LogP contribution in [0.4, 0.5) is 0 Å². The molecular formula is C10H16O. The summed E-state index contributed by atoms with van der Waals surface area (Å²) in [5, 5.41) is 0. The number of carbonyl (C=O) groups excluding carboxylic acids is 1. The van der Waals surface area contributed by atoms with E-state index in [0.29, 0.717) is 0 Å². The second-order valence-corrected chi connectivity index (χ2v) is 2.69. The average Bonchev–Trinajstić information content (AvgIpc) is 2.03. The Hall–Kier alpha value is -0.850. The first-order valence-electron chi connectivity index (χ1n) is 3.95. The lowest BCUT2D eigenvalue weighted by Crippen LogP contribution is -1.84. The summed E-state index contributed by atoms with van der Waals surface area (Å²) >= 11 is 0. The first-order valence-corrected chi connectivity index (χ1v) is 3.95. The molecule has 1 nitrogen and oxygen atoms in total. The molecule has 0 aromatic heterocycles. The van der Waals surface area contributed by atoms with Crippen LogP contribution in [0.2, 0.25) is 0 Å². The van der Waals surface area contributed by atoms with Gasteiger partial charge in [0.05, 0.1) is 0 Å². The van der Waals surface area contributed by atoms with Crippen molar-refractivity contribution in [2.24, 2.45) is 0 Å². The SMILES string of the molecule is C/C=C/CC/C(C)=C(\C)C=O. The van der Waals surface area contributed by atoms with Gasteiger partial charge in [-0.1, -0.05) is 17.7 Å². The van der Waals surface area contributed by atoms with Gasteiger partial charge in [0.1, 0.15) is 6.29 Å². The number of aldehydes is 1. The summed E-state index contributed by atoms with van der Waals surface area (Å²) in [6, 6.07) is 0. The van der Waals surface area contributed by atoms with Crippen molar-refractivity contribution in [2.75, 3.05) is 0 Å². The number of carbonyl (C=O) groups is 1. The molecule has 0 heterocycles. The maximum Gasteiger partial charge on any atom is 0.145 e. The predicted octanol–water partition coefficient (Wildman–Crippen LogP) is 2.88. The van der Waals surface area contributed by atoms with Crippen molar-refractivity contribution in [2.45, 2.75) is 33.6 Å². The second-order valence-electron chi connectivity index (χ2n) is 2.69. The van der Waals surface area contributed by atoms with Gasteiger partial charge in [-0.2, -0.15) is 0 Å². The third-order valence-electron chi connectivity index (χ3n) is 1.77. The molecule has 0 radical (unpaired) electrons. The molecule has 0 aromatic rings. The zero-order valence-corrected chi connectivity index (χ0v) is 7.55. The summed E-state index contributed by atoms with van der Waals surface area (Å²) in [7, 11) is 0. The van der Waals surface area contributed by atoms with Crippen LogP contribution in [0.5, 0.6) is 0 Å². The van der Waals surface area contributed by atoms with Gasteiger partial charge in [-0.25, -0.2) is 0 Å². The molecule has 0 atom stereocenters. The Labute approximate surface area is 68.8 Å². The third kappa shape index (κ3) is 4.54. The zero-order valence-electron chi connectivity index (χ0n) is 7.55. The third-order valence-corrected chi connectivity index (χ3v) is 1.77. The highest BCUT2D eigenvalue weighted by Crippen LogP contribution is 2.08. The molecule has 0 amide bonds. The molecule has 0 aliphatic heterocycles. The molecule has 0 bridgehead atoms. The maximum atomic E-state index is 10.3. The largest absolute Gasteiger partial charge is 0.298 e. The summed E-state index contributed by atoms with van der Waals surface area (Å²) in [5.74, 6) is 0. The van der Waals surface area contributed by atoms with Gasteiger partial charge in [0.15, 0.2) is 0 Å². The van der Waals surface area contributed by atoms with Crippen LogP contribution in [0.3, 0.4) is 0 Å². The van der Waals surface area contributed by atoms with Crippen LogP contribution in [0.1, 0.15) is 33.6 Å². The molecule has 62 valence electrons. The molecular weight excluding hydrogens is 136 g/mol. The first-order chi connectivity index (χ1) is 5.22. The van der Waals surface area contributed by atoms with Crippen molar-refractivity contribution in [3.8, 4) is 0 Å². The fraction of sp³-hybridized carbons (Fsp3) is 0.500. The van der Waals surface area contributed by atoms with Crippen molar-refractivity contribution in [1.29, 1.82) is 0 Å². The smallest absolute Gasteiger partial charge is 0.145 e. The fourth-order valence-corrected chi connectivity index (χ4v) is 0.764. The average molecular weight is 152 g/mol. The van der Waals surface area contributed by atoms with E-state index in [-0.39, 0.29) is 0 Å². The molecule has 0 unspecified atom stereocenters. The highest BCUT2D eigenvalue weighted by atomic mass is 16.1. The zero-order chi connectivity index (χ0) is 8.69. The Morgan fingerprint density at radius 1 is 1.36 bits per heavy atom.